The van der Waals surface area contributed by atoms with Crippen LogP contribution in [-0.2, 0) is 9.59 Å². The van der Waals surface area contributed by atoms with Crippen LogP contribution in [0.3, 0.4) is 0 Å². The van der Waals surface area contributed by atoms with Gasteiger partial charge in [0.25, 0.3) is 0 Å². The molecule has 8 heteroatoms. The van der Waals surface area contributed by atoms with Crippen LogP contribution >= 0.6 is 0 Å². The van der Waals surface area contributed by atoms with Gasteiger partial charge in [-0.05, 0) is 49.6 Å². The Balaban J connectivity index is 1.53. The third-order valence-corrected chi connectivity index (χ3v) is 5.73. The van der Waals surface area contributed by atoms with Gasteiger partial charge in [-0.25, -0.2) is 4.39 Å². The fourth-order valence-corrected chi connectivity index (χ4v) is 3.90. The maximum absolute atomic E-state index is 13.4. The topological polar surface area (TPSA) is 88.9 Å². The molecule has 1 aromatic heterocycles. The van der Waals surface area contributed by atoms with E-state index in [2.05, 4.69) is 20.8 Å². The number of hydrogen-bond acceptors (Lipinski definition) is 4. The number of rotatable bonds is 6. The number of carbonyl (C=O) groups is 2. The lowest BCUT2D eigenvalue weighted by Gasteiger charge is -2.26. The molecule has 1 fully saturated rings. The van der Waals surface area contributed by atoms with Gasteiger partial charge in [0.15, 0.2) is 0 Å². The van der Waals surface area contributed by atoms with Gasteiger partial charge in [0, 0.05) is 6.04 Å². The molecule has 1 saturated carbocycles. The monoisotopic (exact) mass is 423 g/mol. The van der Waals surface area contributed by atoms with Gasteiger partial charge in [-0.15, -0.1) is 0 Å². The third kappa shape index (κ3) is 4.90. The first-order valence-corrected chi connectivity index (χ1v) is 10.7. The van der Waals surface area contributed by atoms with Gasteiger partial charge in [-0.3, -0.25) is 9.59 Å². The van der Waals surface area contributed by atoms with Gasteiger partial charge in [0.05, 0.1) is 0 Å². The van der Waals surface area contributed by atoms with Gasteiger partial charge in [-0.1, -0.05) is 43.5 Å². The van der Waals surface area contributed by atoms with E-state index in [1.165, 1.54) is 35.5 Å². The molecule has 2 amide bonds. The van der Waals surface area contributed by atoms with Crippen molar-refractivity contribution in [2.45, 2.75) is 57.2 Å². The molecule has 31 heavy (non-hydrogen) atoms. The van der Waals surface area contributed by atoms with E-state index in [9.17, 15) is 14.0 Å². The molecule has 1 aliphatic rings. The number of nitrogens with one attached hydrogen (secondary N) is 2. The van der Waals surface area contributed by atoms with E-state index >= 15 is 0 Å². The standard InChI is InChI=1S/C23H26FN5O2/c1-15(29-27-19-9-5-6-10-20(19)28-29)22(30)26-21(16-11-13-17(24)14-12-16)23(31)25-18-7-3-2-4-8-18/h5-6,9-15,18,21H,2-4,7-8H2,1H3,(H,25,31)(H,26,30)/t15-,21-/m0/s1. The molecule has 162 valence electrons. The molecule has 2 N–H and O–H groups in total. The molecule has 0 unspecified atom stereocenters. The largest absolute Gasteiger partial charge is 0.351 e. The minimum Gasteiger partial charge on any atom is -0.351 e. The zero-order chi connectivity index (χ0) is 21.8. The van der Waals surface area contributed by atoms with E-state index in [4.69, 9.17) is 0 Å². The molecule has 4 rings (SSSR count). The first-order valence-electron chi connectivity index (χ1n) is 10.7. The molecular weight excluding hydrogens is 397 g/mol. The molecule has 2 aromatic carbocycles. The Hall–Kier alpha value is -3.29. The SMILES string of the molecule is C[C@@H](C(=O)N[C@H](C(=O)NC1CCCCC1)c1ccc(F)cc1)n1nc2ccccc2n1. The van der Waals surface area contributed by atoms with Crippen molar-refractivity contribution in [2.75, 3.05) is 0 Å². The molecule has 2 atom stereocenters. The van der Waals surface area contributed by atoms with Crippen molar-refractivity contribution >= 4 is 22.8 Å². The normalized spacial score (nSPS) is 16.6. The fraction of sp³-hybridized carbons (Fsp3) is 0.391. The third-order valence-electron chi connectivity index (χ3n) is 5.73. The number of benzene rings is 2. The van der Waals surface area contributed by atoms with Crippen LogP contribution in [-0.4, -0.2) is 32.9 Å². The number of nitrogens with zero attached hydrogens (tertiary/aromatic N) is 3. The predicted octanol–water partition coefficient (Wildman–Crippen LogP) is 3.44. The summed E-state index contributed by atoms with van der Waals surface area (Å²) in [6, 6.07) is 11.4. The van der Waals surface area contributed by atoms with Crippen LogP contribution in [0.4, 0.5) is 4.39 Å². The summed E-state index contributed by atoms with van der Waals surface area (Å²) in [5.74, 6) is -1.09. The summed E-state index contributed by atoms with van der Waals surface area (Å²) in [6.45, 7) is 1.68. The highest BCUT2D eigenvalue weighted by Gasteiger charge is 2.28. The highest BCUT2D eigenvalue weighted by molar-refractivity contribution is 5.90. The van der Waals surface area contributed by atoms with Crippen molar-refractivity contribution < 1.29 is 14.0 Å². The molecule has 3 aromatic rings. The lowest BCUT2D eigenvalue weighted by Crippen LogP contribution is -2.46. The van der Waals surface area contributed by atoms with Crippen molar-refractivity contribution in [3.05, 3.63) is 59.9 Å². The molecule has 0 saturated heterocycles. The van der Waals surface area contributed by atoms with Crippen LogP contribution < -0.4 is 10.6 Å². The summed E-state index contributed by atoms with van der Waals surface area (Å²) in [6.07, 6.45) is 5.18. The summed E-state index contributed by atoms with van der Waals surface area (Å²) in [5.41, 5.74) is 1.90. The van der Waals surface area contributed by atoms with Gasteiger partial charge < -0.3 is 10.6 Å². The lowest BCUT2D eigenvalue weighted by atomic mass is 9.95. The minimum atomic E-state index is -0.928. The van der Waals surface area contributed by atoms with E-state index < -0.39 is 23.8 Å². The number of halogens is 1. The lowest BCUT2D eigenvalue weighted by molar-refractivity contribution is -0.131. The second-order valence-corrected chi connectivity index (χ2v) is 8.02. The number of carbonyl (C=O) groups excluding carboxylic acids is 2. The maximum Gasteiger partial charge on any atom is 0.247 e. The van der Waals surface area contributed by atoms with E-state index in [0.717, 1.165) is 25.7 Å². The van der Waals surface area contributed by atoms with E-state index in [1.807, 2.05) is 24.3 Å². The van der Waals surface area contributed by atoms with Crippen LogP contribution in [0.25, 0.3) is 11.0 Å². The Labute approximate surface area is 180 Å². The van der Waals surface area contributed by atoms with Crippen molar-refractivity contribution in [3.63, 3.8) is 0 Å². The minimum absolute atomic E-state index is 0.0941. The van der Waals surface area contributed by atoms with Crippen LogP contribution in [0.2, 0.25) is 0 Å². The number of fused-ring (bicyclic) bond motifs is 1. The predicted molar refractivity (Wildman–Crippen MR) is 115 cm³/mol. The van der Waals surface area contributed by atoms with Crippen LogP contribution in [0.1, 0.15) is 56.7 Å². The fourth-order valence-electron chi connectivity index (χ4n) is 3.90. The van der Waals surface area contributed by atoms with E-state index in [1.54, 1.807) is 6.92 Å². The van der Waals surface area contributed by atoms with Crippen LogP contribution in [0, 0.1) is 5.82 Å². The van der Waals surface area contributed by atoms with Gasteiger partial charge >= 0.3 is 0 Å². The van der Waals surface area contributed by atoms with Gasteiger partial charge in [0.1, 0.15) is 28.9 Å². The number of hydrogen-bond donors (Lipinski definition) is 2. The first-order chi connectivity index (χ1) is 15.0. The second-order valence-electron chi connectivity index (χ2n) is 8.02. The summed E-state index contributed by atoms with van der Waals surface area (Å²) in [4.78, 5) is 27.4. The highest BCUT2D eigenvalue weighted by Crippen LogP contribution is 2.21. The molecule has 0 radical (unpaired) electrons. The Bertz CT molecular complexity index is 1030. The summed E-state index contributed by atoms with van der Waals surface area (Å²) < 4.78 is 13.4. The van der Waals surface area contributed by atoms with Gasteiger partial charge in [0.2, 0.25) is 11.8 Å². The quantitative estimate of drug-likeness (QED) is 0.636. The smallest absolute Gasteiger partial charge is 0.247 e. The molecule has 1 aliphatic carbocycles. The number of amides is 2. The molecule has 0 bridgehead atoms. The zero-order valence-electron chi connectivity index (χ0n) is 17.4. The zero-order valence-corrected chi connectivity index (χ0v) is 17.4. The Kier molecular flexibility index (Phi) is 6.25. The van der Waals surface area contributed by atoms with Gasteiger partial charge in [-0.2, -0.15) is 15.0 Å². The van der Waals surface area contributed by atoms with E-state index in [0.29, 0.717) is 16.6 Å². The molecule has 1 heterocycles. The van der Waals surface area contributed by atoms with Crippen LogP contribution in [0.15, 0.2) is 48.5 Å². The Morgan fingerprint density at radius 1 is 0.968 bits per heavy atom. The Morgan fingerprint density at radius 3 is 2.19 bits per heavy atom. The van der Waals surface area contributed by atoms with Crippen molar-refractivity contribution in [1.82, 2.24) is 25.6 Å². The summed E-state index contributed by atoms with van der Waals surface area (Å²) >= 11 is 0. The summed E-state index contributed by atoms with van der Waals surface area (Å²) in [7, 11) is 0. The second kappa shape index (κ2) is 9.24. The van der Waals surface area contributed by atoms with Crippen molar-refractivity contribution in [1.29, 1.82) is 0 Å². The van der Waals surface area contributed by atoms with E-state index in [-0.39, 0.29) is 11.9 Å². The van der Waals surface area contributed by atoms with Crippen molar-refractivity contribution in [3.8, 4) is 0 Å². The first kappa shape index (κ1) is 21.0. The summed E-state index contributed by atoms with van der Waals surface area (Å²) in [5, 5.41) is 14.6. The molecule has 0 aliphatic heterocycles. The van der Waals surface area contributed by atoms with Crippen LogP contribution in [0.5, 0.6) is 0 Å². The Morgan fingerprint density at radius 2 is 1.58 bits per heavy atom. The molecule has 0 spiro atoms. The molecular formula is C23H26FN5O2. The van der Waals surface area contributed by atoms with Crippen molar-refractivity contribution in [2.24, 2.45) is 0 Å². The number of aromatic nitrogens is 3. The highest BCUT2D eigenvalue weighted by atomic mass is 19.1. The average Bonchev–Trinajstić information content (AvgIpc) is 3.22. The maximum atomic E-state index is 13.4. The average molecular weight is 423 g/mol. The molecule has 7 nitrogen and oxygen atoms in total.